The summed E-state index contributed by atoms with van der Waals surface area (Å²) in [5.41, 5.74) is 10.8. The lowest BCUT2D eigenvalue weighted by Crippen LogP contribution is -2.43. The van der Waals surface area contributed by atoms with Crippen molar-refractivity contribution in [1.29, 1.82) is 0 Å². The first kappa shape index (κ1) is 24.4. The molecule has 0 saturated carbocycles. The summed E-state index contributed by atoms with van der Waals surface area (Å²) in [6.07, 6.45) is 2.64. The number of para-hydroxylation sites is 2. The maximum atomic E-state index is 13.0. The summed E-state index contributed by atoms with van der Waals surface area (Å²) in [6, 6.07) is 14.9. The van der Waals surface area contributed by atoms with E-state index in [0.29, 0.717) is 25.1 Å². The number of pyridine rings is 1. The van der Waals surface area contributed by atoms with Crippen LogP contribution in [0.4, 0.5) is 5.69 Å². The van der Waals surface area contributed by atoms with E-state index in [-0.39, 0.29) is 18.4 Å². The molecule has 174 valence electrons. The normalized spacial score (nSPS) is 11.9. The van der Waals surface area contributed by atoms with Crippen molar-refractivity contribution in [1.82, 2.24) is 10.3 Å². The molecule has 0 aliphatic rings. The number of aryl methyl sites for hydroxylation is 1. The van der Waals surface area contributed by atoms with Crippen LogP contribution in [0.2, 0.25) is 0 Å². The maximum absolute atomic E-state index is 13.0. The Bertz CT molecular complexity index is 1130. The molecule has 3 aromatic rings. The number of carbonyl (C=O) groups excluding carboxylic acids is 2. The fraction of sp³-hybridized carbons (Fsp3) is 0.346. The molecule has 1 heterocycles. The molecule has 0 radical (unpaired) electrons. The zero-order valence-corrected chi connectivity index (χ0v) is 19.2. The molecule has 0 saturated heterocycles. The molecule has 0 aliphatic carbocycles. The molecular formula is C26H32N4O3. The summed E-state index contributed by atoms with van der Waals surface area (Å²) in [5, 5.41) is 16.4. The number of benzene rings is 2. The molecular weight excluding hydrogens is 416 g/mol. The van der Waals surface area contributed by atoms with Crippen molar-refractivity contribution in [3.63, 3.8) is 0 Å². The number of nitrogens with one attached hydrogen (secondary N) is 2. The molecule has 33 heavy (non-hydrogen) atoms. The predicted octanol–water partition coefficient (Wildman–Crippen LogP) is 3.20. The average molecular weight is 449 g/mol. The number of unbranched alkanes of at least 4 members (excludes halogenated alkanes) is 1. The molecule has 7 nitrogen and oxygen atoms in total. The summed E-state index contributed by atoms with van der Waals surface area (Å²) in [4.78, 5) is 29.3. The van der Waals surface area contributed by atoms with Crippen molar-refractivity contribution in [2.24, 2.45) is 5.73 Å². The largest absolute Gasteiger partial charge is 0.392 e. The van der Waals surface area contributed by atoms with Crippen molar-refractivity contribution in [3.8, 4) is 0 Å². The van der Waals surface area contributed by atoms with Gasteiger partial charge in [-0.1, -0.05) is 36.4 Å². The van der Waals surface area contributed by atoms with Crippen molar-refractivity contribution < 1.29 is 14.7 Å². The Morgan fingerprint density at radius 2 is 1.82 bits per heavy atom. The van der Waals surface area contributed by atoms with E-state index < -0.39 is 6.04 Å². The number of anilines is 1. The van der Waals surface area contributed by atoms with Crippen molar-refractivity contribution in [2.75, 3.05) is 11.9 Å². The summed E-state index contributed by atoms with van der Waals surface area (Å²) >= 11 is 0. The molecule has 2 aromatic carbocycles. The minimum Gasteiger partial charge on any atom is -0.392 e. The number of hydrogen-bond acceptors (Lipinski definition) is 5. The molecule has 2 amide bonds. The Hall–Kier alpha value is -3.29. The molecule has 0 spiro atoms. The fourth-order valence-electron chi connectivity index (χ4n) is 4.02. The fourth-order valence-corrected chi connectivity index (χ4v) is 4.02. The predicted molar refractivity (Wildman–Crippen MR) is 131 cm³/mol. The molecule has 3 rings (SSSR count). The van der Waals surface area contributed by atoms with E-state index in [0.717, 1.165) is 46.1 Å². The Labute approximate surface area is 194 Å². The highest BCUT2D eigenvalue weighted by Crippen LogP contribution is 2.26. The Morgan fingerprint density at radius 3 is 2.55 bits per heavy atom. The molecule has 0 aliphatic heterocycles. The van der Waals surface area contributed by atoms with Crippen LogP contribution >= 0.6 is 0 Å². The quantitative estimate of drug-likeness (QED) is 0.355. The maximum Gasteiger partial charge on any atom is 0.246 e. The smallest absolute Gasteiger partial charge is 0.246 e. The Morgan fingerprint density at radius 1 is 1.06 bits per heavy atom. The second-order valence-corrected chi connectivity index (χ2v) is 8.25. The van der Waals surface area contributed by atoms with Gasteiger partial charge in [0, 0.05) is 30.1 Å². The number of rotatable bonds is 10. The zero-order valence-electron chi connectivity index (χ0n) is 19.2. The highest BCUT2D eigenvalue weighted by Gasteiger charge is 2.20. The van der Waals surface area contributed by atoms with Gasteiger partial charge in [0.1, 0.15) is 6.04 Å². The minimum absolute atomic E-state index is 0.0509. The summed E-state index contributed by atoms with van der Waals surface area (Å²) in [5.74, 6) is -0.489. The Balaban J connectivity index is 1.87. The summed E-state index contributed by atoms with van der Waals surface area (Å²) in [6.45, 7) is 3.82. The average Bonchev–Trinajstić information content (AvgIpc) is 2.79. The van der Waals surface area contributed by atoms with E-state index in [1.807, 2.05) is 55.5 Å². The first-order valence-electron chi connectivity index (χ1n) is 11.3. The number of aliphatic hydroxyl groups is 1. The van der Waals surface area contributed by atoms with Gasteiger partial charge in [-0.3, -0.25) is 14.6 Å². The highest BCUT2D eigenvalue weighted by atomic mass is 16.3. The first-order valence-corrected chi connectivity index (χ1v) is 11.3. The molecule has 1 atom stereocenters. The van der Waals surface area contributed by atoms with Crippen LogP contribution in [0, 0.1) is 6.92 Å². The van der Waals surface area contributed by atoms with Gasteiger partial charge in [-0.05, 0) is 61.6 Å². The van der Waals surface area contributed by atoms with Gasteiger partial charge in [0.05, 0.1) is 12.1 Å². The van der Waals surface area contributed by atoms with E-state index >= 15 is 0 Å². The third-order valence-corrected chi connectivity index (χ3v) is 5.60. The van der Waals surface area contributed by atoms with Gasteiger partial charge in [-0.2, -0.15) is 0 Å². The Kier molecular flexibility index (Phi) is 8.52. The SMILES string of the molecule is CC(=O)N[C@@H](CCCCN)C(=O)Nc1ccccc1Cc1cccc2c(CO)cc(C)nc12. The van der Waals surface area contributed by atoms with E-state index in [4.69, 9.17) is 10.7 Å². The van der Waals surface area contributed by atoms with Gasteiger partial charge in [-0.25, -0.2) is 0 Å². The molecule has 5 N–H and O–H groups in total. The van der Waals surface area contributed by atoms with Crippen LogP contribution in [-0.2, 0) is 22.6 Å². The molecule has 0 bridgehead atoms. The molecule has 0 fully saturated rings. The second-order valence-electron chi connectivity index (χ2n) is 8.25. The third kappa shape index (κ3) is 6.37. The topological polar surface area (TPSA) is 117 Å². The lowest BCUT2D eigenvalue weighted by molar-refractivity contribution is -0.125. The zero-order chi connectivity index (χ0) is 23.8. The van der Waals surface area contributed by atoms with E-state index in [1.54, 1.807) is 0 Å². The number of amides is 2. The van der Waals surface area contributed by atoms with Crippen molar-refractivity contribution >= 4 is 28.4 Å². The van der Waals surface area contributed by atoms with Gasteiger partial charge in [0.15, 0.2) is 0 Å². The van der Waals surface area contributed by atoms with Crippen LogP contribution in [0.15, 0.2) is 48.5 Å². The minimum atomic E-state index is -0.615. The van der Waals surface area contributed by atoms with Gasteiger partial charge >= 0.3 is 0 Å². The first-order chi connectivity index (χ1) is 15.9. The summed E-state index contributed by atoms with van der Waals surface area (Å²) < 4.78 is 0. The lowest BCUT2D eigenvalue weighted by atomic mass is 9.98. The number of nitrogens with two attached hydrogens (primary N) is 1. The number of hydrogen-bond donors (Lipinski definition) is 4. The number of nitrogens with zero attached hydrogens (tertiary/aromatic N) is 1. The highest BCUT2D eigenvalue weighted by molar-refractivity contribution is 5.97. The van der Waals surface area contributed by atoms with E-state index in [9.17, 15) is 14.7 Å². The number of carbonyl (C=O) groups is 2. The van der Waals surface area contributed by atoms with Gasteiger partial charge in [0.2, 0.25) is 11.8 Å². The van der Waals surface area contributed by atoms with Crippen LogP contribution in [0.3, 0.4) is 0 Å². The monoisotopic (exact) mass is 448 g/mol. The third-order valence-electron chi connectivity index (χ3n) is 5.60. The number of fused-ring (bicyclic) bond motifs is 1. The standard InChI is InChI=1S/C26H32N4O3/c1-17-14-21(16-31)22-10-7-9-20(25(22)28-17)15-19-8-3-4-11-23(19)30-26(33)24(29-18(2)32)12-5-6-13-27/h3-4,7-11,14,24,31H,5-6,12-13,15-16,27H2,1-2H3,(H,29,32)(H,30,33)/t24-/m0/s1. The number of aromatic nitrogens is 1. The molecule has 0 unspecified atom stereocenters. The van der Waals surface area contributed by atoms with Crippen molar-refractivity contribution in [3.05, 3.63) is 70.9 Å². The van der Waals surface area contributed by atoms with E-state index in [2.05, 4.69) is 10.6 Å². The van der Waals surface area contributed by atoms with Crippen LogP contribution in [-0.4, -0.2) is 34.5 Å². The van der Waals surface area contributed by atoms with Crippen LogP contribution in [0.5, 0.6) is 0 Å². The lowest BCUT2D eigenvalue weighted by Gasteiger charge is -2.19. The number of aliphatic hydroxyl groups excluding tert-OH is 1. The molecule has 7 heteroatoms. The van der Waals surface area contributed by atoms with Crippen LogP contribution in [0.1, 0.15) is 48.6 Å². The van der Waals surface area contributed by atoms with Gasteiger partial charge < -0.3 is 21.5 Å². The second kappa shape index (κ2) is 11.5. The van der Waals surface area contributed by atoms with E-state index in [1.165, 1.54) is 6.92 Å². The van der Waals surface area contributed by atoms with Crippen molar-refractivity contribution in [2.45, 2.75) is 52.2 Å². The van der Waals surface area contributed by atoms with Crippen LogP contribution < -0.4 is 16.4 Å². The van der Waals surface area contributed by atoms with Gasteiger partial charge in [-0.15, -0.1) is 0 Å². The van der Waals surface area contributed by atoms with Crippen LogP contribution in [0.25, 0.3) is 10.9 Å². The summed E-state index contributed by atoms with van der Waals surface area (Å²) in [7, 11) is 0. The van der Waals surface area contributed by atoms with Gasteiger partial charge in [0.25, 0.3) is 0 Å². The molecule has 1 aromatic heterocycles.